The number of furan rings is 2. The van der Waals surface area contributed by atoms with E-state index in [0.717, 1.165) is 72.3 Å². The van der Waals surface area contributed by atoms with E-state index in [0.29, 0.717) is 50.5 Å². The van der Waals surface area contributed by atoms with E-state index in [4.69, 9.17) is 25.4 Å². The number of carbonyl (C=O) groups excluding carboxylic acids is 9. The second kappa shape index (κ2) is 43.4. The molecule has 0 radical (unpaired) electrons. The Bertz CT molecular complexity index is 3640. The van der Waals surface area contributed by atoms with Crippen LogP contribution in [0.5, 0.6) is 0 Å². The van der Waals surface area contributed by atoms with Gasteiger partial charge in [-0.25, -0.2) is 18.4 Å². The van der Waals surface area contributed by atoms with Crippen molar-refractivity contribution >= 4 is 93.6 Å². The maximum absolute atomic E-state index is 15.4. The zero-order valence-corrected chi connectivity index (χ0v) is 61.1. The van der Waals surface area contributed by atoms with Gasteiger partial charge in [0.05, 0.1) is 50.1 Å². The number of carboxylic acid groups (broad SMARTS) is 1. The Morgan fingerprint density at radius 2 is 0.904 bits per heavy atom. The quantitative estimate of drug-likeness (QED) is 0.0212. The van der Waals surface area contributed by atoms with Gasteiger partial charge in [-0.15, -0.1) is 0 Å². The molecule has 2 aromatic heterocycles. The lowest BCUT2D eigenvalue weighted by atomic mass is 9.94. The molecule has 0 saturated heterocycles. The predicted octanol–water partition coefficient (Wildman–Crippen LogP) is 4.21. The molecule has 2 heterocycles. The maximum Gasteiger partial charge on any atom is 0.326 e. The minimum atomic E-state index is -4.09. The molecule has 1 unspecified atom stereocenters. The van der Waals surface area contributed by atoms with Crippen molar-refractivity contribution < 1.29 is 70.3 Å². The summed E-state index contributed by atoms with van der Waals surface area (Å²) in [6.45, 7) is -4.16. The van der Waals surface area contributed by atoms with Gasteiger partial charge in [-0.05, 0) is 137 Å². The van der Waals surface area contributed by atoms with Gasteiger partial charge >= 0.3 is 5.97 Å². The largest absolute Gasteiger partial charge is 0.480 e. The Hall–Kier alpha value is -8.94. The average Bonchev–Trinajstić information content (AvgIpc) is 1.38. The van der Waals surface area contributed by atoms with Crippen LogP contribution in [0.3, 0.4) is 0 Å². The summed E-state index contributed by atoms with van der Waals surface area (Å²) in [5, 5.41) is 21.0. The van der Waals surface area contributed by atoms with Crippen molar-refractivity contribution in [1.29, 1.82) is 0 Å². The fourth-order valence-electron chi connectivity index (χ4n) is 12.7. The zero-order chi connectivity index (χ0) is 74.8. The second-order valence-corrected chi connectivity index (χ2v) is 28.3. The number of nitrogens with zero attached hydrogens (tertiary/aromatic N) is 8. The highest BCUT2D eigenvalue weighted by Gasteiger charge is 2.36. The third-order valence-corrected chi connectivity index (χ3v) is 19.9. The molecule has 566 valence electrons. The van der Waals surface area contributed by atoms with Crippen LogP contribution in [0.25, 0.3) is 0 Å². The summed E-state index contributed by atoms with van der Waals surface area (Å²) in [5.41, 5.74) is 13.9. The molecule has 28 nitrogen and oxygen atoms in total. The van der Waals surface area contributed by atoms with Gasteiger partial charge < -0.3 is 65.4 Å². The molecule has 0 bridgehead atoms. The van der Waals surface area contributed by atoms with E-state index >= 15 is 24.0 Å². The van der Waals surface area contributed by atoms with Crippen LogP contribution in [-0.2, 0) is 77.2 Å². The van der Waals surface area contributed by atoms with Crippen molar-refractivity contribution in [3.8, 4) is 0 Å². The van der Waals surface area contributed by atoms with Crippen LogP contribution in [0.2, 0.25) is 0 Å². The Balaban J connectivity index is 1.17. The molecule has 30 heteroatoms. The Labute approximate surface area is 614 Å². The summed E-state index contributed by atoms with van der Waals surface area (Å²) in [6.07, 6.45) is 13.9. The summed E-state index contributed by atoms with van der Waals surface area (Å²) in [5.74, 6) is -7.07. The Morgan fingerprint density at radius 3 is 1.36 bits per heavy atom. The smallest absolute Gasteiger partial charge is 0.326 e. The summed E-state index contributed by atoms with van der Waals surface area (Å²) >= 11 is 4.11. The van der Waals surface area contributed by atoms with Crippen LogP contribution >= 0.6 is 12.6 Å². The number of sulfonamides is 1. The number of carbonyl (C=O) groups is 10. The van der Waals surface area contributed by atoms with Crippen LogP contribution in [0.1, 0.15) is 113 Å². The monoisotopic (exact) mass is 1480 g/mol. The molecular formula is C74H103N13O15S2. The number of nitrogens with one attached hydrogen (secondary N) is 2. The number of hydrogen-bond acceptors (Lipinski definition) is 18. The molecule has 9 amide bonds. The van der Waals surface area contributed by atoms with Crippen molar-refractivity contribution in [3.05, 3.63) is 138 Å². The Morgan fingerprint density at radius 1 is 0.481 bits per heavy atom. The molecule has 5 aromatic rings. The minimum absolute atomic E-state index is 0.00957. The van der Waals surface area contributed by atoms with Gasteiger partial charge in [-0.1, -0.05) is 111 Å². The standard InChI is InChI=1S/C74H103N13O15S2/c75-37-13-15-39-80(48-63(88)79-62(36-46-103)74(97)98)65(90)49-81(40-16-14-38-76)67(92)53-86(72-27-17-44-101-72)70(95)52-84(42-34-57-21-7-2-8-22-57)66(91)50-83(43-35-58-29-31-61(32-30-58)104(77,99)100)68(93)54-87(73-28-18-45-102-73)71(96)55-85(60-25-11-4-12-26-60)69(94)51-82(41-33-56-19-5-1-6-20-56)64(89)47-78-59-23-9-3-10-24-59/h1-2,5-8,17-22,27-32,44-45,59-60,62,78,103H,3-4,9-16,23-26,33-43,46-55,75-76H2,(H,79,88)(H,97,98)(H2,77,99,100). The van der Waals surface area contributed by atoms with Crippen LogP contribution in [0.15, 0.2) is 135 Å². The molecule has 2 aliphatic carbocycles. The van der Waals surface area contributed by atoms with E-state index in [1.807, 2.05) is 48.5 Å². The fraction of sp³-hybridized carbons (Fsp3) is 0.514. The number of anilines is 2. The number of hydrogen-bond donors (Lipinski definition) is 7. The van der Waals surface area contributed by atoms with Gasteiger partial charge in [0.1, 0.15) is 32.2 Å². The minimum Gasteiger partial charge on any atom is -0.480 e. The molecule has 104 heavy (non-hydrogen) atoms. The van der Waals surface area contributed by atoms with Crippen LogP contribution < -0.4 is 37.0 Å². The van der Waals surface area contributed by atoms with E-state index in [1.54, 1.807) is 17.0 Å². The Kier molecular flexibility index (Phi) is 34.3. The SMILES string of the molecule is NCCCCN(CC(=O)NC(CCS)C(=O)O)C(=O)CN(CCCCN)C(=O)CN(C(=O)CN(CCc1ccccc1)C(=O)CN(CCc1ccc(S(N)(=O)=O)cc1)C(=O)CN(C(=O)CN(C(=O)CN(CCc1ccccc1)C(=O)CNC1CCCCC1)C1CCCCC1)c1ccco1)c1ccco1. The van der Waals surface area contributed by atoms with Crippen LogP contribution in [-0.4, -0.2) is 231 Å². The lowest BCUT2D eigenvalue weighted by molar-refractivity contribution is -0.144. The summed E-state index contributed by atoms with van der Waals surface area (Å²) in [4.78, 5) is 155. The molecule has 2 fully saturated rings. The first-order chi connectivity index (χ1) is 50.1. The van der Waals surface area contributed by atoms with E-state index in [9.17, 15) is 37.5 Å². The lowest BCUT2D eigenvalue weighted by Gasteiger charge is -2.37. The topological polar surface area (TPSA) is 379 Å². The number of primary sulfonamides is 1. The van der Waals surface area contributed by atoms with E-state index < -0.39 is 115 Å². The van der Waals surface area contributed by atoms with Gasteiger partial charge in [0.25, 0.3) is 0 Å². The van der Waals surface area contributed by atoms with Gasteiger partial charge in [0.15, 0.2) is 0 Å². The number of amides is 9. The van der Waals surface area contributed by atoms with Crippen molar-refractivity contribution in [2.24, 2.45) is 16.6 Å². The van der Waals surface area contributed by atoms with Crippen molar-refractivity contribution in [3.63, 3.8) is 0 Å². The number of nitrogens with two attached hydrogens (primary N) is 3. The van der Waals surface area contributed by atoms with Crippen molar-refractivity contribution in [2.45, 2.75) is 139 Å². The number of aliphatic carboxylic acids is 1. The molecular weight excluding hydrogens is 1380 g/mol. The third kappa shape index (κ3) is 27.3. The number of rotatable bonds is 44. The highest BCUT2D eigenvalue weighted by Crippen LogP contribution is 2.26. The summed E-state index contributed by atoms with van der Waals surface area (Å²) in [6, 6.07) is 28.9. The van der Waals surface area contributed by atoms with Gasteiger partial charge in [-0.2, -0.15) is 12.6 Å². The van der Waals surface area contributed by atoms with E-state index in [2.05, 4.69) is 23.3 Å². The molecule has 7 rings (SSSR count). The number of unbranched alkanes of at least 4 members (excludes halogenated alkanes) is 2. The molecule has 9 N–H and O–H groups in total. The van der Waals surface area contributed by atoms with Crippen LogP contribution in [0.4, 0.5) is 11.8 Å². The first-order valence-electron chi connectivity index (χ1n) is 36.0. The first kappa shape index (κ1) is 82.3. The molecule has 1 atom stereocenters. The number of benzene rings is 3. The molecule has 0 spiro atoms. The average molecular weight is 1480 g/mol. The fourth-order valence-corrected chi connectivity index (χ4v) is 13.5. The molecule has 2 saturated carbocycles. The summed E-state index contributed by atoms with van der Waals surface area (Å²) in [7, 11) is -4.09. The van der Waals surface area contributed by atoms with Gasteiger partial charge in [0.2, 0.25) is 75.0 Å². The first-order valence-corrected chi connectivity index (χ1v) is 38.1. The van der Waals surface area contributed by atoms with Gasteiger partial charge in [-0.3, -0.25) is 53.0 Å². The lowest BCUT2D eigenvalue weighted by Crippen LogP contribution is -2.54. The zero-order valence-electron chi connectivity index (χ0n) is 59.4. The molecule has 2 aliphatic rings. The van der Waals surface area contributed by atoms with E-state index in [1.165, 1.54) is 85.6 Å². The normalized spacial score (nSPS) is 13.6. The highest BCUT2D eigenvalue weighted by molar-refractivity contribution is 7.89. The third-order valence-electron chi connectivity index (χ3n) is 18.7. The second-order valence-electron chi connectivity index (χ2n) is 26.3. The van der Waals surface area contributed by atoms with Gasteiger partial charge in [0, 0.05) is 56.9 Å². The molecule has 0 aliphatic heterocycles. The number of carboxylic acids is 1. The van der Waals surface area contributed by atoms with Crippen molar-refractivity contribution in [2.75, 3.05) is 120 Å². The maximum atomic E-state index is 15.4. The van der Waals surface area contributed by atoms with Crippen LogP contribution in [0, 0.1) is 0 Å². The highest BCUT2D eigenvalue weighted by atomic mass is 32.2. The van der Waals surface area contributed by atoms with Crippen molar-refractivity contribution in [1.82, 2.24) is 40.0 Å². The summed E-state index contributed by atoms with van der Waals surface area (Å²) < 4.78 is 36.2. The van der Waals surface area contributed by atoms with E-state index in [-0.39, 0.29) is 119 Å². The molecule has 3 aromatic carbocycles. The number of thiol groups is 1. The predicted molar refractivity (Wildman–Crippen MR) is 395 cm³/mol.